The normalized spacial score (nSPS) is 14.1. The van der Waals surface area contributed by atoms with Gasteiger partial charge >= 0.3 is 12.4 Å². The second-order valence-corrected chi connectivity index (χ2v) is 6.95. The van der Waals surface area contributed by atoms with Crippen molar-refractivity contribution >= 4 is 29.1 Å². The molecule has 2 heterocycles. The van der Waals surface area contributed by atoms with Crippen molar-refractivity contribution in [3.63, 3.8) is 0 Å². The average Bonchev–Trinajstić information content (AvgIpc) is 3.01. The third-order valence-electron chi connectivity index (χ3n) is 4.61. The topological polar surface area (TPSA) is 74.8 Å². The molecule has 32 heavy (non-hydrogen) atoms. The Balaban J connectivity index is 1.45. The van der Waals surface area contributed by atoms with E-state index < -0.39 is 24.1 Å². The highest BCUT2D eigenvalue weighted by molar-refractivity contribution is 6.19. The number of halogens is 3. The van der Waals surface area contributed by atoms with Crippen LogP contribution in [0, 0.1) is 0 Å². The minimum Gasteiger partial charge on any atom is -0.406 e. The number of nitrogens with zero attached hydrogens (tertiary/aromatic N) is 3. The molecule has 0 atom stereocenters. The zero-order chi connectivity index (χ0) is 22.7. The van der Waals surface area contributed by atoms with Crippen LogP contribution in [0.1, 0.15) is 5.56 Å². The Morgan fingerprint density at radius 3 is 2.41 bits per heavy atom. The number of carbonyl (C=O) groups excluding carboxylic acids is 2. The number of imide groups is 1. The zero-order valence-corrected chi connectivity index (χ0v) is 16.5. The van der Waals surface area contributed by atoms with Crippen molar-refractivity contribution in [3.05, 3.63) is 78.5 Å². The molecular formula is C22H17F3N4O3. The van der Waals surface area contributed by atoms with Gasteiger partial charge in [0.05, 0.1) is 5.69 Å². The van der Waals surface area contributed by atoms with E-state index in [1.165, 1.54) is 17.0 Å². The van der Waals surface area contributed by atoms with Gasteiger partial charge in [0.25, 0.3) is 5.91 Å². The van der Waals surface area contributed by atoms with Gasteiger partial charge in [-0.1, -0.05) is 18.2 Å². The first-order valence-electron chi connectivity index (χ1n) is 9.53. The van der Waals surface area contributed by atoms with Crippen LogP contribution in [0.3, 0.4) is 0 Å². The molecule has 0 spiro atoms. The van der Waals surface area contributed by atoms with Gasteiger partial charge in [0.2, 0.25) is 0 Å². The number of alkyl halides is 3. The van der Waals surface area contributed by atoms with E-state index in [2.05, 4.69) is 15.0 Å². The molecule has 1 aromatic heterocycles. The van der Waals surface area contributed by atoms with Crippen molar-refractivity contribution in [1.82, 2.24) is 9.88 Å². The largest absolute Gasteiger partial charge is 0.573 e. The molecule has 10 heteroatoms. The van der Waals surface area contributed by atoms with Crippen LogP contribution in [0.25, 0.3) is 0 Å². The lowest BCUT2D eigenvalue weighted by molar-refractivity contribution is -0.274. The van der Waals surface area contributed by atoms with Crippen molar-refractivity contribution < 1.29 is 27.5 Å². The number of amides is 3. The van der Waals surface area contributed by atoms with Crippen LogP contribution in [-0.4, -0.2) is 34.7 Å². The summed E-state index contributed by atoms with van der Waals surface area (Å²) in [5.41, 5.74) is 1.78. The average molecular weight is 442 g/mol. The first-order chi connectivity index (χ1) is 15.3. The number of aromatic nitrogens is 1. The number of rotatable bonds is 6. The van der Waals surface area contributed by atoms with Gasteiger partial charge in [-0.2, -0.15) is 0 Å². The van der Waals surface area contributed by atoms with E-state index in [1.807, 2.05) is 30.3 Å². The van der Waals surface area contributed by atoms with Crippen LogP contribution in [0.5, 0.6) is 5.75 Å². The van der Waals surface area contributed by atoms with Gasteiger partial charge < -0.3 is 15.0 Å². The van der Waals surface area contributed by atoms with E-state index in [0.29, 0.717) is 5.82 Å². The standard InChI is InChI=1S/C22H17F3N4O3/c23-22(24,25)32-18-8-6-17(7-9-18)29-20(30)14-28(21(29)31)13-15-10-11-26-19(12-15)27-16-4-2-1-3-5-16/h1-12H,13-14H2,(H,26,27). The number of anilines is 3. The lowest BCUT2D eigenvalue weighted by Gasteiger charge is -2.18. The molecule has 0 saturated carbocycles. The predicted octanol–water partition coefficient (Wildman–Crippen LogP) is 4.69. The lowest BCUT2D eigenvalue weighted by Crippen LogP contribution is -2.32. The molecule has 7 nitrogen and oxygen atoms in total. The quantitative estimate of drug-likeness (QED) is 0.561. The Morgan fingerprint density at radius 2 is 1.72 bits per heavy atom. The highest BCUT2D eigenvalue weighted by atomic mass is 19.4. The van der Waals surface area contributed by atoms with Crippen molar-refractivity contribution in [2.24, 2.45) is 0 Å². The van der Waals surface area contributed by atoms with Crippen molar-refractivity contribution in [1.29, 1.82) is 0 Å². The summed E-state index contributed by atoms with van der Waals surface area (Å²) in [6.45, 7) is 0.0196. The maximum absolute atomic E-state index is 12.8. The minimum atomic E-state index is -4.82. The van der Waals surface area contributed by atoms with E-state index in [0.717, 1.165) is 28.3 Å². The summed E-state index contributed by atoms with van der Waals surface area (Å²) in [4.78, 5) is 31.8. The fraction of sp³-hybridized carbons (Fsp3) is 0.136. The van der Waals surface area contributed by atoms with Gasteiger partial charge in [0.15, 0.2) is 0 Å². The summed E-state index contributed by atoms with van der Waals surface area (Å²) < 4.78 is 40.8. The summed E-state index contributed by atoms with van der Waals surface area (Å²) in [6.07, 6.45) is -3.23. The van der Waals surface area contributed by atoms with Gasteiger partial charge in [-0.05, 0) is 54.1 Å². The fourth-order valence-electron chi connectivity index (χ4n) is 3.26. The van der Waals surface area contributed by atoms with Crippen LogP contribution in [0.15, 0.2) is 72.9 Å². The SMILES string of the molecule is O=C1CN(Cc2ccnc(Nc3ccccc3)c2)C(=O)N1c1ccc(OC(F)(F)F)cc1. The van der Waals surface area contributed by atoms with Gasteiger partial charge in [-0.25, -0.2) is 14.7 Å². The van der Waals surface area contributed by atoms with Crippen LogP contribution in [0.2, 0.25) is 0 Å². The van der Waals surface area contributed by atoms with Gasteiger partial charge in [0.1, 0.15) is 18.1 Å². The summed E-state index contributed by atoms with van der Waals surface area (Å²) in [6, 6.07) is 17.0. The lowest BCUT2D eigenvalue weighted by atomic mass is 10.2. The number of ether oxygens (including phenoxy) is 1. The van der Waals surface area contributed by atoms with E-state index >= 15 is 0 Å². The molecule has 1 saturated heterocycles. The maximum Gasteiger partial charge on any atom is 0.573 e. The summed E-state index contributed by atoms with van der Waals surface area (Å²) >= 11 is 0. The highest BCUT2D eigenvalue weighted by Gasteiger charge is 2.37. The molecule has 0 radical (unpaired) electrons. The molecule has 164 valence electrons. The Kier molecular flexibility index (Phi) is 5.67. The Labute approximate surface area is 181 Å². The molecule has 4 rings (SSSR count). The minimum absolute atomic E-state index is 0.149. The third kappa shape index (κ3) is 4.97. The molecule has 1 N–H and O–H groups in total. The van der Waals surface area contributed by atoms with Gasteiger partial charge in [-0.15, -0.1) is 13.2 Å². The van der Waals surface area contributed by atoms with E-state index in [-0.39, 0.29) is 18.8 Å². The van der Waals surface area contributed by atoms with Crippen molar-refractivity contribution in [2.45, 2.75) is 12.9 Å². The number of pyridine rings is 1. The van der Waals surface area contributed by atoms with Crippen LogP contribution in [-0.2, 0) is 11.3 Å². The second kappa shape index (κ2) is 8.58. The number of para-hydroxylation sites is 1. The predicted molar refractivity (Wildman–Crippen MR) is 110 cm³/mol. The second-order valence-electron chi connectivity index (χ2n) is 6.95. The molecule has 2 aromatic carbocycles. The fourth-order valence-corrected chi connectivity index (χ4v) is 3.26. The number of urea groups is 1. The zero-order valence-electron chi connectivity index (χ0n) is 16.5. The molecule has 1 fully saturated rings. The van der Waals surface area contributed by atoms with E-state index in [9.17, 15) is 22.8 Å². The van der Waals surface area contributed by atoms with Crippen molar-refractivity contribution in [3.8, 4) is 5.75 Å². The molecule has 1 aliphatic rings. The molecule has 0 aliphatic carbocycles. The summed E-state index contributed by atoms with van der Waals surface area (Å²) in [5.74, 6) is -0.326. The smallest absolute Gasteiger partial charge is 0.406 e. The number of hydrogen-bond acceptors (Lipinski definition) is 5. The Hall–Kier alpha value is -4.08. The van der Waals surface area contributed by atoms with Gasteiger partial charge in [-0.3, -0.25) is 4.79 Å². The monoisotopic (exact) mass is 442 g/mol. The molecule has 3 aromatic rings. The third-order valence-corrected chi connectivity index (χ3v) is 4.61. The van der Waals surface area contributed by atoms with Crippen LogP contribution in [0.4, 0.5) is 35.2 Å². The Morgan fingerprint density at radius 1 is 1.00 bits per heavy atom. The molecule has 0 unspecified atom stereocenters. The molecular weight excluding hydrogens is 425 g/mol. The Bertz CT molecular complexity index is 1120. The first-order valence-corrected chi connectivity index (χ1v) is 9.53. The molecule has 0 bridgehead atoms. The first kappa shape index (κ1) is 21.2. The van der Waals surface area contributed by atoms with Crippen LogP contribution >= 0.6 is 0 Å². The van der Waals surface area contributed by atoms with Crippen LogP contribution < -0.4 is 15.0 Å². The van der Waals surface area contributed by atoms with E-state index in [1.54, 1.807) is 18.3 Å². The highest BCUT2D eigenvalue weighted by Crippen LogP contribution is 2.28. The number of nitrogens with one attached hydrogen (secondary N) is 1. The number of benzene rings is 2. The summed E-state index contributed by atoms with van der Waals surface area (Å²) in [7, 11) is 0. The van der Waals surface area contributed by atoms with E-state index in [4.69, 9.17) is 0 Å². The summed E-state index contributed by atoms with van der Waals surface area (Å²) in [5, 5.41) is 3.16. The molecule has 3 amide bonds. The molecule has 1 aliphatic heterocycles. The number of carbonyl (C=O) groups is 2. The number of hydrogen-bond donors (Lipinski definition) is 1. The maximum atomic E-state index is 12.8. The van der Waals surface area contributed by atoms with Gasteiger partial charge in [0, 0.05) is 18.4 Å². The van der Waals surface area contributed by atoms with Crippen molar-refractivity contribution in [2.75, 3.05) is 16.8 Å².